The lowest BCUT2D eigenvalue weighted by molar-refractivity contribution is 0.119. The molecule has 1 aromatic rings. The molecule has 0 atom stereocenters. The molecule has 0 radical (unpaired) electrons. The minimum atomic E-state index is 0.648. The fourth-order valence-electron chi connectivity index (χ4n) is 2.71. The predicted octanol–water partition coefficient (Wildman–Crippen LogP) is 3.59. The summed E-state index contributed by atoms with van der Waals surface area (Å²) >= 11 is 0. The van der Waals surface area contributed by atoms with Crippen LogP contribution in [0.15, 0.2) is 24.3 Å². The summed E-state index contributed by atoms with van der Waals surface area (Å²) in [6.45, 7) is 7.14. The first-order valence-corrected chi connectivity index (χ1v) is 8.14. The molecule has 0 bridgehead atoms. The topological polar surface area (TPSA) is 30.5 Å². The molecule has 3 nitrogen and oxygen atoms in total. The number of ether oxygens (including phenoxy) is 2. The van der Waals surface area contributed by atoms with Gasteiger partial charge in [-0.15, -0.1) is 0 Å². The highest BCUT2D eigenvalue weighted by molar-refractivity contribution is 5.32. The molecule has 1 fully saturated rings. The molecule has 0 amide bonds. The largest absolute Gasteiger partial charge is 0.497 e. The fraction of sp³-hybridized carbons (Fsp3) is 0.667. The molecule has 1 aromatic carbocycles. The summed E-state index contributed by atoms with van der Waals surface area (Å²) < 4.78 is 10.9. The summed E-state index contributed by atoms with van der Waals surface area (Å²) in [5.74, 6) is 2.37. The van der Waals surface area contributed by atoms with Gasteiger partial charge in [0.15, 0.2) is 0 Å². The Bertz CT molecular complexity index is 413. The lowest BCUT2D eigenvalue weighted by Gasteiger charge is -2.36. The van der Waals surface area contributed by atoms with E-state index in [2.05, 4.69) is 37.4 Å². The van der Waals surface area contributed by atoms with Crippen LogP contribution in [0, 0.1) is 5.92 Å². The summed E-state index contributed by atoms with van der Waals surface area (Å²) in [5, 5.41) is 3.58. The number of benzene rings is 1. The second-order valence-electron chi connectivity index (χ2n) is 6.39. The van der Waals surface area contributed by atoms with Crippen LogP contribution in [0.2, 0.25) is 0 Å². The highest BCUT2D eigenvalue weighted by atomic mass is 16.5. The first kappa shape index (κ1) is 16.3. The highest BCUT2D eigenvalue weighted by Gasteiger charge is 2.29. The van der Waals surface area contributed by atoms with Crippen LogP contribution in [0.4, 0.5) is 0 Å². The van der Waals surface area contributed by atoms with Crippen LogP contribution in [-0.4, -0.2) is 32.9 Å². The molecule has 1 aliphatic carbocycles. The lowest BCUT2D eigenvalue weighted by atomic mass is 9.76. The Hall–Kier alpha value is -1.06. The van der Waals surface area contributed by atoms with E-state index in [1.807, 2.05) is 6.07 Å². The van der Waals surface area contributed by atoms with Crippen molar-refractivity contribution < 1.29 is 9.47 Å². The zero-order chi connectivity index (χ0) is 15.1. The number of nitrogens with one attached hydrogen (secondary N) is 1. The van der Waals surface area contributed by atoms with E-state index in [1.165, 1.54) is 18.4 Å². The van der Waals surface area contributed by atoms with Crippen molar-refractivity contribution in [2.24, 2.45) is 5.92 Å². The van der Waals surface area contributed by atoms with Crippen molar-refractivity contribution in [3.8, 4) is 5.75 Å². The number of hydrogen-bond acceptors (Lipinski definition) is 3. The van der Waals surface area contributed by atoms with Crippen molar-refractivity contribution >= 4 is 0 Å². The molecule has 0 aromatic heterocycles. The molecule has 1 aliphatic rings. The minimum absolute atomic E-state index is 0.648. The molecular weight excluding hydrogens is 262 g/mol. The third kappa shape index (κ3) is 5.33. The molecule has 0 heterocycles. The van der Waals surface area contributed by atoms with Crippen molar-refractivity contribution in [2.75, 3.05) is 26.9 Å². The van der Waals surface area contributed by atoms with Gasteiger partial charge in [0.05, 0.1) is 13.7 Å². The van der Waals surface area contributed by atoms with Gasteiger partial charge >= 0.3 is 0 Å². The number of rotatable bonds is 9. The molecule has 2 rings (SSSR count). The lowest BCUT2D eigenvalue weighted by Crippen LogP contribution is -2.41. The zero-order valence-corrected chi connectivity index (χ0v) is 13.6. The van der Waals surface area contributed by atoms with Crippen LogP contribution in [0.25, 0.3) is 0 Å². The van der Waals surface area contributed by atoms with E-state index in [4.69, 9.17) is 9.47 Å². The molecule has 1 saturated carbocycles. The summed E-state index contributed by atoms with van der Waals surface area (Å²) in [4.78, 5) is 0. The van der Waals surface area contributed by atoms with Gasteiger partial charge in [0.25, 0.3) is 0 Å². The molecule has 21 heavy (non-hydrogen) atoms. The molecule has 0 spiro atoms. The first-order chi connectivity index (χ1) is 10.2. The van der Waals surface area contributed by atoms with Gasteiger partial charge in [0, 0.05) is 19.2 Å². The molecule has 0 unspecified atom stereocenters. The van der Waals surface area contributed by atoms with Gasteiger partial charge in [-0.3, -0.25) is 0 Å². The van der Waals surface area contributed by atoms with Gasteiger partial charge < -0.3 is 14.8 Å². The van der Waals surface area contributed by atoms with E-state index >= 15 is 0 Å². The van der Waals surface area contributed by atoms with E-state index in [1.54, 1.807) is 7.11 Å². The normalized spacial score (nSPS) is 21.3. The Morgan fingerprint density at radius 3 is 2.76 bits per heavy atom. The van der Waals surface area contributed by atoms with Crippen molar-refractivity contribution in [3.63, 3.8) is 0 Å². The van der Waals surface area contributed by atoms with E-state index in [9.17, 15) is 0 Å². The maximum Gasteiger partial charge on any atom is 0.119 e. The Morgan fingerprint density at radius 2 is 2.05 bits per heavy atom. The van der Waals surface area contributed by atoms with Crippen LogP contribution in [-0.2, 0) is 4.74 Å². The molecule has 0 aliphatic heterocycles. The van der Waals surface area contributed by atoms with E-state index in [0.29, 0.717) is 12.0 Å². The van der Waals surface area contributed by atoms with Crippen molar-refractivity contribution in [1.82, 2.24) is 5.32 Å². The SMILES string of the molecule is COc1cccc(C2CC(NCCOCCC(C)C)C2)c1. The van der Waals surface area contributed by atoms with Crippen LogP contribution < -0.4 is 10.1 Å². The Kier molecular flexibility index (Phi) is 6.52. The fourth-order valence-corrected chi connectivity index (χ4v) is 2.71. The molecule has 1 N–H and O–H groups in total. The second-order valence-corrected chi connectivity index (χ2v) is 6.39. The van der Waals surface area contributed by atoms with Crippen LogP contribution in [0.1, 0.15) is 44.6 Å². The van der Waals surface area contributed by atoms with E-state index in [0.717, 1.165) is 37.8 Å². The molecule has 118 valence electrons. The highest BCUT2D eigenvalue weighted by Crippen LogP contribution is 2.37. The third-order valence-corrected chi connectivity index (χ3v) is 4.22. The Labute approximate surface area is 129 Å². The average Bonchev–Trinajstić information content (AvgIpc) is 2.44. The molecular formula is C18H29NO2. The quantitative estimate of drug-likeness (QED) is 0.705. The third-order valence-electron chi connectivity index (χ3n) is 4.22. The van der Waals surface area contributed by atoms with Crippen LogP contribution in [0.5, 0.6) is 5.75 Å². The summed E-state index contributed by atoms with van der Waals surface area (Å²) in [7, 11) is 1.73. The second kappa shape index (κ2) is 8.40. The average molecular weight is 291 g/mol. The van der Waals surface area contributed by atoms with Gasteiger partial charge in [-0.1, -0.05) is 26.0 Å². The van der Waals surface area contributed by atoms with Gasteiger partial charge in [-0.25, -0.2) is 0 Å². The number of methoxy groups -OCH3 is 1. The van der Waals surface area contributed by atoms with E-state index < -0.39 is 0 Å². The van der Waals surface area contributed by atoms with Crippen LogP contribution in [0.3, 0.4) is 0 Å². The smallest absolute Gasteiger partial charge is 0.119 e. The van der Waals surface area contributed by atoms with Crippen molar-refractivity contribution in [1.29, 1.82) is 0 Å². The van der Waals surface area contributed by atoms with Crippen molar-refractivity contribution in [3.05, 3.63) is 29.8 Å². The van der Waals surface area contributed by atoms with Gasteiger partial charge in [-0.05, 0) is 48.8 Å². The summed E-state index contributed by atoms with van der Waals surface area (Å²) in [5.41, 5.74) is 1.40. The monoisotopic (exact) mass is 291 g/mol. The van der Waals surface area contributed by atoms with Gasteiger partial charge in [-0.2, -0.15) is 0 Å². The summed E-state index contributed by atoms with van der Waals surface area (Å²) in [6.07, 6.45) is 3.60. The number of hydrogen-bond donors (Lipinski definition) is 1. The van der Waals surface area contributed by atoms with Gasteiger partial charge in [0.1, 0.15) is 5.75 Å². The maximum absolute atomic E-state index is 5.63. The minimum Gasteiger partial charge on any atom is -0.497 e. The summed E-state index contributed by atoms with van der Waals surface area (Å²) in [6, 6.07) is 9.10. The maximum atomic E-state index is 5.63. The molecule has 0 saturated heterocycles. The predicted molar refractivity (Wildman–Crippen MR) is 87.0 cm³/mol. The van der Waals surface area contributed by atoms with Crippen molar-refractivity contribution in [2.45, 2.75) is 45.1 Å². The molecule has 3 heteroatoms. The Balaban J connectivity index is 1.57. The van der Waals surface area contributed by atoms with E-state index in [-0.39, 0.29) is 0 Å². The Morgan fingerprint density at radius 1 is 1.24 bits per heavy atom. The first-order valence-electron chi connectivity index (χ1n) is 8.14. The van der Waals surface area contributed by atoms with Crippen LogP contribution >= 0.6 is 0 Å². The standard InChI is InChI=1S/C18H29NO2/c1-14(2)7-9-21-10-8-19-17-11-16(12-17)15-5-4-6-18(13-15)20-3/h4-6,13-14,16-17,19H,7-12H2,1-3H3. The van der Waals surface area contributed by atoms with Gasteiger partial charge in [0.2, 0.25) is 0 Å². The zero-order valence-electron chi connectivity index (χ0n) is 13.6.